The van der Waals surface area contributed by atoms with E-state index < -0.39 is 0 Å². The molecule has 1 saturated heterocycles. The van der Waals surface area contributed by atoms with Gasteiger partial charge >= 0.3 is 0 Å². The highest BCUT2D eigenvalue weighted by Gasteiger charge is 2.17. The van der Waals surface area contributed by atoms with Gasteiger partial charge in [0.1, 0.15) is 0 Å². The molecular weight excluding hydrogens is 244 g/mol. The average Bonchev–Trinajstić information content (AvgIpc) is 2.48. The van der Waals surface area contributed by atoms with Gasteiger partial charge in [-0.2, -0.15) is 0 Å². The molecule has 1 fully saturated rings. The van der Waals surface area contributed by atoms with Gasteiger partial charge in [-0.3, -0.25) is 0 Å². The Morgan fingerprint density at radius 2 is 1.95 bits per heavy atom. The third-order valence-corrected chi connectivity index (χ3v) is 4.47. The van der Waals surface area contributed by atoms with Crippen LogP contribution in [0.3, 0.4) is 0 Å². The first kappa shape index (κ1) is 15.5. The summed E-state index contributed by atoms with van der Waals surface area (Å²) in [4.78, 5) is 0. The predicted octanol–water partition coefficient (Wildman–Crippen LogP) is 3.82. The normalized spacial score (nSPS) is 22.4. The molecule has 1 aliphatic heterocycles. The van der Waals surface area contributed by atoms with Crippen LogP contribution >= 0.6 is 0 Å². The summed E-state index contributed by atoms with van der Waals surface area (Å²) < 4.78 is 0. The molecule has 1 aromatic carbocycles. The summed E-state index contributed by atoms with van der Waals surface area (Å²) in [5.74, 6) is 0. The van der Waals surface area contributed by atoms with Crippen molar-refractivity contribution in [2.45, 2.75) is 71.0 Å². The SMILES string of the molecule is CCc1ccc(C(C)NC(C)CC2CCCCN2)cc1. The van der Waals surface area contributed by atoms with Gasteiger partial charge in [0, 0.05) is 18.1 Å². The van der Waals surface area contributed by atoms with E-state index >= 15 is 0 Å². The van der Waals surface area contributed by atoms with Gasteiger partial charge in [-0.15, -0.1) is 0 Å². The van der Waals surface area contributed by atoms with Crippen molar-refractivity contribution in [3.8, 4) is 0 Å². The molecule has 3 unspecified atom stereocenters. The lowest BCUT2D eigenvalue weighted by Gasteiger charge is -2.28. The third kappa shape index (κ3) is 4.60. The van der Waals surface area contributed by atoms with Gasteiger partial charge in [-0.05, 0) is 57.2 Å². The molecular formula is C18H30N2. The van der Waals surface area contributed by atoms with Gasteiger partial charge < -0.3 is 10.6 Å². The first-order chi connectivity index (χ1) is 9.69. The molecule has 1 aromatic rings. The summed E-state index contributed by atoms with van der Waals surface area (Å²) in [6, 6.07) is 10.7. The number of piperidine rings is 1. The molecule has 112 valence electrons. The maximum Gasteiger partial charge on any atom is 0.0294 e. The first-order valence-corrected chi connectivity index (χ1v) is 8.27. The zero-order chi connectivity index (χ0) is 14.4. The van der Waals surface area contributed by atoms with E-state index in [1.54, 1.807) is 0 Å². The molecule has 2 heteroatoms. The van der Waals surface area contributed by atoms with E-state index in [9.17, 15) is 0 Å². The van der Waals surface area contributed by atoms with Crippen molar-refractivity contribution in [1.82, 2.24) is 10.6 Å². The molecule has 20 heavy (non-hydrogen) atoms. The van der Waals surface area contributed by atoms with Gasteiger partial charge in [0.2, 0.25) is 0 Å². The Balaban J connectivity index is 1.81. The molecule has 0 aliphatic carbocycles. The fraction of sp³-hybridized carbons (Fsp3) is 0.667. The second-order valence-corrected chi connectivity index (χ2v) is 6.27. The van der Waals surface area contributed by atoms with E-state index in [-0.39, 0.29) is 0 Å². The Labute approximate surface area is 124 Å². The highest BCUT2D eigenvalue weighted by Crippen LogP contribution is 2.17. The van der Waals surface area contributed by atoms with Crippen LogP contribution in [0.2, 0.25) is 0 Å². The fourth-order valence-corrected chi connectivity index (χ4v) is 3.19. The van der Waals surface area contributed by atoms with Crippen molar-refractivity contribution < 1.29 is 0 Å². The summed E-state index contributed by atoms with van der Waals surface area (Å²) >= 11 is 0. The van der Waals surface area contributed by atoms with Gasteiger partial charge in [-0.25, -0.2) is 0 Å². The van der Waals surface area contributed by atoms with Crippen LogP contribution in [0.4, 0.5) is 0 Å². The lowest BCUT2D eigenvalue weighted by molar-refractivity contribution is 0.334. The molecule has 2 rings (SSSR count). The van der Waals surface area contributed by atoms with Crippen LogP contribution in [0.5, 0.6) is 0 Å². The van der Waals surface area contributed by atoms with Crippen LogP contribution in [-0.4, -0.2) is 18.6 Å². The van der Waals surface area contributed by atoms with Crippen LogP contribution in [-0.2, 0) is 6.42 Å². The topological polar surface area (TPSA) is 24.1 Å². The van der Waals surface area contributed by atoms with Crippen LogP contribution in [0, 0.1) is 0 Å². The number of rotatable bonds is 6. The molecule has 0 amide bonds. The first-order valence-electron chi connectivity index (χ1n) is 8.27. The quantitative estimate of drug-likeness (QED) is 0.824. The smallest absolute Gasteiger partial charge is 0.0294 e. The third-order valence-electron chi connectivity index (χ3n) is 4.47. The zero-order valence-electron chi connectivity index (χ0n) is 13.3. The van der Waals surface area contributed by atoms with Crippen molar-refractivity contribution in [2.75, 3.05) is 6.54 Å². The van der Waals surface area contributed by atoms with Crippen LogP contribution < -0.4 is 10.6 Å². The minimum absolute atomic E-state index is 0.430. The number of benzene rings is 1. The number of nitrogens with one attached hydrogen (secondary N) is 2. The largest absolute Gasteiger partial charge is 0.314 e. The lowest BCUT2D eigenvalue weighted by Crippen LogP contribution is -2.40. The van der Waals surface area contributed by atoms with E-state index in [1.807, 2.05) is 0 Å². The molecule has 0 bridgehead atoms. The van der Waals surface area contributed by atoms with Crippen molar-refractivity contribution in [1.29, 1.82) is 0 Å². The summed E-state index contributed by atoms with van der Waals surface area (Å²) in [5.41, 5.74) is 2.81. The van der Waals surface area contributed by atoms with E-state index in [0.717, 1.165) is 6.42 Å². The molecule has 1 heterocycles. The van der Waals surface area contributed by atoms with Crippen LogP contribution in [0.15, 0.2) is 24.3 Å². The van der Waals surface area contributed by atoms with Crippen molar-refractivity contribution in [3.63, 3.8) is 0 Å². The molecule has 0 aromatic heterocycles. The number of hydrogen-bond donors (Lipinski definition) is 2. The Hall–Kier alpha value is -0.860. The van der Waals surface area contributed by atoms with Crippen LogP contribution in [0.25, 0.3) is 0 Å². The van der Waals surface area contributed by atoms with Crippen molar-refractivity contribution in [2.24, 2.45) is 0 Å². The summed E-state index contributed by atoms with van der Waals surface area (Å²) in [5, 5.41) is 7.38. The second-order valence-electron chi connectivity index (χ2n) is 6.27. The highest BCUT2D eigenvalue weighted by atomic mass is 15.0. The zero-order valence-corrected chi connectivity index (χ0v) is 13.3. The minimum atomic E-state index is 0.430. The molecule has 1 aliphatic rings. The number of hydrogen-bond acceptors (Lipinski definition) is 2. The molecule has 0 spiro atoms. The Morgan fingerprint density at radius 1 is 1.20 bits per heavy atom. The van der Waals surface area contributed by atoms with E-state index in [4.69, 9.17) is 0 Å². The Bertz CT molecular complexity index is 379. The van der Waals surface area contributed by atoms with Crippen molar-refractivity contribution >= 4 is 0 Å². The molecule has 0 radical (unpaired) electrons. The van der Waals surface area contributed by atoms with Crippen molar-refractivity contribution in [3.05, 3.63) is 35.4 Å². The standard InChI is InChI=1S/C18H30N2/c1-4-16-8-10-17(11-9-16)15(3)20-14(2)13-18-7-5-6-12-19-18/h8-11,14-15,18-20H,4-7,12-13H2,1-3H3. The lowest BCUT2D eigenvalue weighted by atomic mass is 9.97. The summed E-state index contributed by atoms with van der Waals surface area (Å²) in [7, 11) is 0. The molecule has 2 nitrogen and oxygen atoms in total. The highest BCUT2D eigenvalue weighted by molar-refractivity contribution is 5.24. The average molecular weight is 274 g/mol. The van der Waals surface area contributed by atoms with Gasteiger partial charge in [0.05, 0.1) is 0 Å². The minimum Gasteiger partial charge on any atom is -0.314 e. The van der Waals surface area contributed by atoms with Gasteiger partial charge in [0.15, 0.2) is 0 Å². The molecule has 0 saturated carbocycles. The van der Waals surface area contributed by atoms with Crippen LogP contribution in [0.1, 0.15) is 63.6 Å². The van der Waals surface area contributed by atoms with E-state index in [2.05, 4.69) is 55.7 Å². The number of aryl methyl sites for hydroxylation is 1. The maximum absolute atomic E-state index is 3.74. The summed E-state index contributed by atoms with van der Waals surface area (Å²) in [6.07, 6.45) is 6.42. The van der Waals surface area contributed by atoms with E-state index in [1.165, 1.54) is 43.4 Å². The van der Waals surface area contributed by atoms with Gasteiger partial charge in [0.25, 0.3) is 0 Å². The second kappa shape index (κ2) is 7.80. The van der Waals surface area contributed by atoms with Gasteiger partial charge in [-0.1, -0.05) is 37.6 Å². The Morgan fingerprint density at radius 3 is 2.55 bits per heavy atom. The predicted molar refractivity (Wildman–Crippen MR) is 87.1 cm³/mol. The molecule has 3 atom stereocenters. The van der Waals surface area contributed by atoms with E-state index in [0.29, 0.717) is 18.1 Å². The molecule has 2 N–H and O–H groups in total. The summed E-state index contributed by atoms with van der Waals surface area (Å²) in [6.45, 7) is 7.99. The fourth-order valence-electron chi connectivity index (χ4n) is 3.19. The monoisotopic (exact) mass is 274 g/mol. The maximum atomic E-state index is 3.74. The Kier molecular flexibility index (Phi) is 6.06.